The molecule has 7 heteroatoms. The average molecular weight is 388 g/mol. The van der Waals surface area contributed by atoms with Crippen LogP contribution in [0.25, 0.3) is 11.4 Å². The number of amides is 1. The lowest BCUT2D eigenvalue weighted by Gasteiger charge is -2.04. The number of rotatable bonds is 7. The van der Waals surface area contributed by atoms with Crippen LogP contribution in [0.15, 0.2) is 53.1 Å². The number of benzene rings is 2. The van der Waals surface area contributed by atoms with E-state index in [1.807, 2.05) is 55.5 Å². The summed E-state index contributed by atoms with van der Waals surface area (Å²) in [5.41, 5.74) is 3.03. The van der Waals surface area contributed by atoms with Crippen molar-refractivity contribution in [2.45, 2.75) is 19.2 Å². The predicted octanol–water partition coefficient (Wildman–Crippen LogP) is 4.25. The summed E-state index contributed by atoms with van der Waals surface area (Å²) in [5, 5.41) is 7.46. The van der Waals surface area contributed by atoms with Gasteiger partial charge in [0.25, 0.3) is 0 Å². The van der Waals surface area contributed by atoms with E-state index < -0.39 is 0 Å². The molecular weight excluding hydrogens is 370 g/mol. The molecule has 1 aromatic heterocycles. The molecule has 0 aliphatic rings. The molecule has 3 rings (SSSR count). The molecule has 134 valence electrons. The van der Waals surface area contributed by atoms with Gasteiger partial charge in [0.05, 0.1) is 12.3 Å². The number of aromatic nitrogens is 2. The van der Waals surface area contributed by atoms with Crippen LogP contribution in [0.3, 0.4) is 0 Å². The molecule has 0 aliphatic carbocycles. The smallest absolute Gasteiger partial charge is 0.246 e. The van der Waals surface area contributed by atoms with Crippen molar-refractivity contribution >= 4 is 29.3 Å². The Kier molecular flexibility index (Phi) is 6.30. The van der Waals surface area contributed by atoms with Gasteiger partial charge in [-0.2, -0.15) is 4.98 Å². The Hall–Kier alpha value is -2.31. The highest BCUT2D eigenvalue weighted by molar-refractivity contribution is 7.99. The molecule has 26 heavy (non-hydrogen) atoms. The molecule has 5 nitrogen and oxygen atoms in total. The van der Waals surface area contributed by atoms with E-state index in [4.69, 9.17) is 16.1 Å². The van der Waals surface area contributed by atoms with Gasteiger partial charge >= 0.3 is 0 Å². The molecule has 0 radical (unpaired) electrons. The average Bonchev–Trinajstić information content (AvgIpc) is 3.11. The first-order chi connectivity index (χ1) is 12.6. The molecule has 0 aliphatic heterocycles. The fraction of sp³-hybridized carbons (Fsp3) is 0.211. The minimum absolute atomic E-state index is 0.0858. The Morgan fingerprint density at radius 1 is 1.23 bits per heavy atom. The van der Waals surface area contributed by atoms with Crippen molar-refractivity contribution < 1.29 is 9.32 Å². The first kappa shape index (κ1) is 18.5. The lowest BCUT2D eigenvalue weighted by atomic mass is 10.1. The van der Waals surface area contributed by atoms with Gasteiger partial charge in [-0.05, 0) is 24.6 Å². The van der Waals surface area contributed by atoms with Gasteiger partial charge in [-0.3, -0.25) is 4.79 Å². The van der Waals surface area contributed by atoms with Crippen LogP contribution in [0.2, 0.25) is 5.02 Å². The molecule has 0 fully saturated rings. The van der Waals surface area contributed by atoms with Crippen LogP contribution in [-0.4, -0.2) is 21.8 Å². The molecule has 0 bridgehead atoms. The van der Waals surface area contributed by atoms with E-state index >= 15 is 0 Å². The number of aryl methyl sites for hydroxylation is 1. The van der Waals surface area contributed by atoms with E-state index in [2.05, 4.69) is 15.5 Å². The zero-order valence-corrected chi connectivity index (χ0v) is 15.8. The highest BCUT2D eigenvalue weighted by atomic mass is 35.5. The SMILES string of the molecule is Cc1cccc(-c2noc(CNC(=O)CSCc3ccccc3Cl)n2)c1. The van der Waals surface area contributed by atoms with Crippen LogP contribution in [0.5, 0.6) is 0 Å². The maximum atomic E-state index is 12.0. The Balaban J connectivity index is 1.45. The monoisotopic (exact) mass is 387 g/mol. The Bertz CT molecular complexity index is 898. The van der Waals surface area contributed by atoms with Crippen LogP contribution in [0.4, 0.5) is 0 Å². The third kappa shape index (κ3) is 5.09. The summed E-state index contributed by atoms with van der Waals surface area (Å²) >= 11 is 7.61. The largest absolute Gasteiger partial charge is 0.346 e. The number of hydrogen-bond donors (Lipinski definition) is 1. The van der Waals surface area contributed by atoms with E-state index in [1.54, 1.807) is 0 Å². The van der Waals surface area contributed by atoms with Crippen LogP contribution in [0.1, 0.15) is 17.0 Å². The number of halogens is 1. The predicted molar refractivity (Wildman–Crippen MR) is 104 cm³/mol. The number of carbonyl (C=O) groups excluding carboxylic acids is 1. The molecule has 3 aromatic rings. The van der Waals surface area contributed by atoms with E-state index in [9.17, 15) is 4.79 Å². The zero-order chi connectivity index (χ0) is 18.4. The number of thioether (sulfide) groups is 1. The standard InChI is InChI=1S/C19H18ClN3O2S/c1-13-5-4-7-14(9-13)19-22-18(25-23-19)10-21-17(24)12-26-11-15-6-2-3-8-16(15)20/h2-9H,10-12H2,1H3,(H,21,24). The van der Waals surface area contributed by atoms with Gasteiger partial charge in [-0.1, -0.05) is 58.7 Å². The van der Waals surface area contributed by atoms with Gasteiger partial charge in [0.15, 0.2) is 0 Å². The van der Waals surface area contributed by atoms with Gasteiger partial charge < -0.3 is 9.84 Å². The molecule has 0 spiro atoms. The molecule has 1 heterocycles. The minimum atomic E-state index is -0.0858. The van der Waals surface area contributed by atoms with Crippen LogP contribution >= 0.6 is 23.4 Å². The molecule has 0 unspecified atom stereocenters. The topological polar surface area (TPSA) is 68.0 Å². The Morgan fingerprint density at radius 2 is 2.08 bits per heavy atom. The lowest BCUT2D eigenvalue weighted by molar-refractivity contribution is -0.118. The number of nitrogens with zero attached hydrogens (tertiary/aromatic N) is 2. The Labute approximate surface area is 161 Å². The van der Waals surface area contributed by atoms with E-state index in [0.717, 1.165) is 21.7 Å². The third-order valence-corrected chi connectivity index (χ3v) is 4.98. The van der Waals surface area contributed by atoms with E-state index in [1.165, 1.54) is 11.8 Å². The van der Waals surface area contributed by atoms with Gasteiger partial charge in [-0.25, -0.2) is 0 Å². The first-order valence-corrected chi connectivity index (χ1v) is 9.62. The highest BCUT2D eigenvalue weighted by Gasteiger charge is 2.10. The molecule has 0 saturated carbocycles. The second-order valence-corrected chi connectivity index (χ2v) is 7.13. The highest BCUT2D eigenvalue weighted by Crippen LogP contribution is 2.20. The fourth-order valence-electron chi connectivity index (χ4n) is 2.32. The van der Waals surface area contributed by atoms with Crippen molar-refractivity contribution in [1.82, 2.24) is 15.5 Å². The number of hydrogen-bond acceptors (Lipinski definition) is 5. The molecule has 1 amide bonds. The Morgan fingerprint density at radius 3 is 2.88 bits per heavy atom. The molecular formula is C19H18ClN3O2S. The van der Waals surface area contributed by atoms with Crippen molar-refractivity contribution in [1.29, 1.82) is 0 Å². The lowest BCUT2D eigenvalue weighted by Crippen LogP contribution is -2.24. The fourth-order valence-corrected chi connectivity index (χ4v) is 3.47. The van der Waals surface area contributed by atoms with Gasteiger partial charge in [0.1, 0.15) is 0 Å². The molecule has 1 N–H and O–H groups in total. The second-order valence-electron chi connectivity index (χ2n) is 5.74. The maximum Gasteiger partial charge on any atom is 0.246 e. The van der Waals surface area contributed by atoms with Gasteiger partial charge in [0, 0.05) is 16.3 Å². The molecule has 0 atom stereocenters. The molecule has 2 aromatic carbocycles. The van der Waals surface area contributed by atoms with Crippen molar-refractivity contribution in [2.75, 3.05) is 5.75 Å². The first-order valence-electron chi connectivity index (χ1n) is 8.09. The third-order valence-electron chi connectivity index (χ3n) is 3.63. The number of nitrogens with one attached hydrogen (secondary N) is 1. The molecule has 0 saturated heterocycles. The number of carbonyl (C=O) groups is 1. The van der Waals surface area contributed by atoms with Gasteiger partial charge in [0.2, 0.25) is 17.6 Å². The van der Waals surface area contributed by atoms with Gasteiger partial charge in [-0.15, -0.1) is 11.8 Å². The summed E-state index contributed by atoms with van der Waals surface area (Å²) in [6.45, 7) is 2.22. The summed E-state index contributed by atoms with van der Waals surface area (Å²) in [7, 11) is 0. The van der Waals surface area contributed by atoms with Crippen LogP contribution < -0.4 is 5.32 Å². The van der Waals surface area contributed by atoms with Crippen LogP contribution in [0, 0.1) is 6.92 Å². The second kappa shape index (κ2) is 8.87. The minimum Gasteiger partial charge on any atom is -0.346 e. The van der Waals surface area contributed by atoms with Crippen molar-refractivity contribution in [3.05, 3.63) is 70.6 Å². The summed E-state index contributed by atoms with van der Waals surface area (Å²) in [5.74, 6) is 1.84. The summed E-state index contributed by atoms with van der Waals surface area (Å²) in [6, 6.07) is 15.5. The van der Waals surface area contributed by atoms with E-state index in [0.29, 0.717) is 23.2 Å². The van der Waals surface area contributed by atoms with Crippen molar-refractivity contribution in [3.8, 4) is 11.4 Å². The van der Waals surface area contributed by atoms with E-state index in [-0.39, 0.29) is 12.5 Å². The van der Waals surface area contributed by atoms with Crippen molar-refractivity contribution in [2.24, 2.45) is 0 Å². The van der Waals surface area contributed by atoms with Crippen molar-refractivity contribution in [3.63, 3.8) is 0 Å². The summed E-state index contributed by atoms with van der Waals surface area (Å²) in [4.78, 5) is 16.3. The normalized spacial score (nSPS) is 10.7. The summed E-state index contributed by atoms with van der Waals surface area (Å²) < 4.78 is 5.20. The maximum absolute atomic E-state index is 12.0. The quantitative estimate of drug-likeness (QED) is 0.656. The zero-order valence-electron chi connectivity index (χ0n) is 14.2. The van der Waals surface area contributed by atoms with Crippen LogP contribution in [-0.2, 0) is 17.1 Å². The summed E-state index contributed by atoms with van der Waals surface area (Å²) in [6.07, 6.45) is 0.